The third-order valence-corrected chi connectivity index (χ3v) is 4.69. The Bertz CT molecular complexity index is 802. The minimum atomic E-state index is -0.427. The fourth-order valence-corrected chi connectivity index (χ4v) is 3.39. The summed E-state index contributed by atoms with van der Waals surface area (Å²) in [4.78, 5) is 24.0. The number of amides is 2. The molecule has 0 heterocycles. The van der Waals surface area contributed by atoms with E-state index in [1.54, 1.807) is 36.4 Å². The van der Waals surface area contributed by atoms with Crippen LogP contribution in [-0.4, -0.2) is 16.9 Å². The molecule has 0 radical (unpaired) electrons. The molecule has 0 atom stereocenters. The predicted octanol–water partition coefficient (Wildman–Crippen LogP) is 4.52. The van der Waals surface area contributed by atoms with Gasteiger partial charge in [0.25, 0.3) is 5.91 Å². The van der Waals surface area contributed by atoms with Gasteiger partial charge in [0, 0.05) is 21.8 Å². The van der Waals surface area contributed by atoms with Crippen LogP contribution in [0.25, 0.3) is 0 Å². The maximum Gasteiger partial charge on any atom is 0.259 e. The number of phenols is 1. The van der Waals surface area contributed by atoms with Gasteiger partial charge in [-0.05, 0) is 65.2 Å². The Balaban J connectivity index is 1.69. The van der Waals surface area contributed by atoms with Crippen LogP contribution in [0.3, 0.4) is 0 Å². The Kier molecular flexibility index (Phi) is 4.91. The van der Waals surface area contributed by atoms with Crippen molar-refractivity contribution >= 4 is 55.0 Å². The van der Waals surface area contributed by atoms with Crippen LogP contribution in [0.2, 0.25) is 0 Å². The van der Waals surface area contributed by atoms with Crippen LogP contribution in [-0.2, 0) is 4.79 Å². The van der Waals surface area contributed by atoms with Gasteiger partial charge in [-0.15, -0.1) is 0 Å². The number of anilines is 2. The lowest BCUT2D eigenvalue weighted by Crippen LogP contribution is -2.14. The van der Waals surface area contributed by atoms with Crippen LogP contribution in [0.15, 0.2) is 45.3 Å². The number of hydrogen-bond donors (Lipinski definition) is 3. The molecule has 0 aliphatic heterocycles. The molecular weight excluding hydrogens is 440 g/mol. The van der Waals surface area contributed by atoms with E-state index in [2.05, 4.69) is 42.5 Å². The topological polar surface area (TPSA) is 78.4 Å². The van der Waals surface area contributed by atoms with E-state index in [0.29, 0.717) is 20.3 Å². The van der Waals surface area contributed by atoms with Gasteiger partial charge in [0.15, 0.2) is 0 Å². The maximum atomic E-state index is 12.3. The SMILES string of the molecule is O=C(Nc1ccc(NC(=O)C2CC2)cc1)c1cc(Br)cc(Br)c1O. The molecule has 0 bridgehead atoms. The van der Waals surface area contributed by atoms with Crippen LogP contribution in [0, 0.1) is 5.92 Å². The Morgan fingerprint density at radius 3 is 2.17 bits per heavy atom. The van der Waals surface area contributed by atoms with Crippen molar-refractivity contribution in [2.24, 2.45) is 5.92 Å². The Morgan fingerprint density at radius 2 is 1.58 bits per heavy atom. The highest BCUT2D eigenvalue weighted by atomic mass is 79.9. The minimum Gasteiger partial charge on any atom is -0.506 e. The summed E-state index contributed by atoms with van der Waals surface area (Å²) < 4.78 is 1.11. The molecule has 3 rings (SSSR count). The lowest BCUT2D eigenvalue weighted by Gasteiger charge is -2.10. The molecule has 2 aromatic rings. The molecule has 0 aromatic heterocycles. The number of aromatic hydroxyl groups is 1. The number of carbonyl (C=O) groups is 2. The first-order valence-electron chi connectivity index (χ1n) is 7.34. The summed E-state index contributed by atoms with van der Waals surface area (Å²) in [6, 6.07) is 10.1. The fraction of sp³-hybridized carbons (Fsp3) is 0.176. The Labute approximate surface area is 155 Å². The molecule has 7 heteroatoms. The zero-order valence-corrected chi connectivity index (χ0v) is 15.6. The second-order valence-corrected chi connectivity index (χ2v) is 7.35. The first-order valence-corrected chi connectivity index (χ1v) is 8.93. The summed E-state index contributed by atoms with van der Waals surface area (Å²) in [6.45, 7) is 0. The van der Waals surface area contributed by atoms with Gasteiger partial charge >= 0.3 is 0 Å². The third-order valence-electron chi connectivity index (χ3n) is 3.63. The summed E-state index contributed by atoms with van der Waals surface area (Å²) in [6.07, 6.45) is 1.90. The standard InChI is InChI=1S/C17H14Br2N2O3/c18-10-7-13(15(22)14(19)8-10)17(24)21-12-5-3-11(4-6-12)20-16(23)9-1-2-9/h3-9,22H,1-2H2,(H,20,23)(H,21,24). The molecule has 2 amide bonds. The molecule has 24 heavy (non-hydrogen) atoms. The first-order chi connectivity index (χ1) is 11.4. The van der Waals surface area contributed by atoms with E-state index >= 15 is 0 Å². The lowest BCUT2D eigenvalue weighted by atomic mass is 10.2. The zero-order chi connectivity index (χ0) is 17.3. The molecule has 1 aliphatic carbocycles. The van der Waals surface area contributed by atoms with Crippen molar-refractivity contribution in [1.82, 2.24) is 0 Å². The van der Waals surface area contributed by atoms with E-state index in [-0.39, 0.29) is 23.1 Å². The van der Waals surface area contributed by atoms with E-state index in [9.17, 15) is 14.7 Å². The van der Waals surface area contributed by atoms with E-state index in [1.807, 2.05) is 0 Å². The van der Waals surface area contributed by atoms with Gasteiger partial charge in [-0.25, -0.2) is 0 Å². The van der Waals surface area contributed by atoms with Crippen LogP contribution in [0.1, 0.15) is 23.2 Å². The number of carbonyl (C=O) groups excluding carboxylic acids is 2. The molecule has 2 aromatic carbocycles. The third kappa shape index (κ3) is 3.96. The van der Waals surface area contributed by atoms with Crippen LogP contribution in [0.5, 0.6) is 5.75 Å². The molecule has 0 spiro atoms. The molecule has 5 nitrogen and oxygen atoms in total. The second kappa shape index (κ2) is 6.94. The van der Waals surface area contributed by atoms with Gasteiger partial charge in [-0.3, -0.25) is 9.59 Å². The van der Waals surface area contributed by atoms with Crippen molar-refractivity contribution in [2.75, 3.05) is 10.6 Å². The van der Waals surface area contributed by atoms with Crippen molar-refractivity contribution in [2.45, 2.75) is 12.8 Å². The first kappa shape index (κ1) is 17.0. The molecule has 3 N–H and O–H groups in total. The van der Waals surface area contributed by atoms with Crippen LogP contribution in [0.4, 0.5) is 11.4 Å². The highest BCUT2D eigenvalue weighted by Crippen LogP contribution is 2.32. The van der Waals surface area contributed by atoms with Crippen LogP contribution < -0.4 is 10.6 Å². The van der Waals surface area contributed by atoms with Crippen molar-refractivity contribution in [1.29, 1.82) is 0 Å². The molecule has 1 aliphatic rings. The summed E-state index contributed by atoms with van der Waals surface area (Å²) in [5.74, 6) is -0.369. The van der Waals surface area contributed by atoms with E-state index in [4.69, 9.17) is 0 Å². The second-order valence-electron chi connectivity index (χ2n) is 5.58. The number of nitrogens with one attached hydrogen (secondary N) is 2. The van der Waals surface area contributed by atoms with Gasteiger partial charge in [-0.1, -0.05) is 15.9 Å². The van der Waals surface area contributed by atoms with Gasteiger partial charge in [0.2, 0.25) is 5.91 Å². The zero-order valence-electron chi connectivity index (χ0n) is 12.5. The summed E-state index contributed by atoms with van der Waals surface area (Å²) in [7, 11) is 0. The highest BCUT2D eigenvalue weighted by molar-refractivity contribution is 9.11. The monoisotopic (exact) mass is 452 g/mol. The number of rotatable bonds is 4. The van der Waals surface area contributed by atoms with Crippen molar-refractivity contribution in [3.8, 4) is 5.75 Å². The molecular formula is C17H14Br2N2O3. The predicted molar refractivity (Wildman–Crippen MR) is 99.3 cm³/mol. The Hall–Kier alpha value is -1.86. The molecule has 0 unspecified atom stereocenters. The highest BCUT2D eigenvalue weighted by Gasteiger charge is 2.29. The lowest BCUT2D eigenvalue weighted by molar-refractivity contribution is -0.117. The van der Waals surface area contributed by atoms with E-state index in [1.165, 1.54) is 0 Å². The van der Waals surface area contributed by atoms with Gasteiger partial charge < -0.3 is 15.7 Å². The minimum absolute atomic E-state index is 0.0377. The summed E-state index contributed by atoms with van der Waals surface area (Å²) in [5.41, 5.74) is 1.42. The summed E-state index contributed by atoms with van der Waals surface area (Å²) in [5, 5.41) is 15.5. The molecule has 1 fully saturated rings. The van der Waals surface area contributed by atoms with Gasteiger partial charge in [0.1, 0.15) is 5.75 Å². The fourth-order valence-electron chi connectivity index (χ4n) is 2.16. The summed E-state index contributed by atoms with van der Waals surface area (Å²) >= 11 is 6.49. The van der Waals surface area contributed by atoms with Gasteiger partial charge in [0.05, 0.1) is 10.0 Å². The van der Waals surface area contributed by atoms with Crippen molar-refractivity contribution in [3.05, 3.63) is 50.9 Å². The molecule has 1 saturated carbocycles. The van der Waals surface area contributed by atoms with Gasteiger partial charge in [-0.2, -0.15) is 0 Å². The molecule has 124 valence electrons. The molecule has 0 saturated heterocycles. The van der Waals surface area contributed by atoms with E-state index < -0.39 is 5.91 Å². The van der Waals surface area contributed by atoms with E-state index in [0.717, 1.165) is 12.8 Å². The number of halogens is 2. The van der Waals surface area contributed by atoms with Crippen molar-refractivity contribution in [3.63, 3.8) is 0 Å². The number of benzene rings is 2. The largest absolute Gasteiger partial charge is 0.506 e. The average molecular weight is 454 g/mol. The Morgan fingerprint density at radius 1 is 1.00 bits per heavy atom. The maximum absolute atomic E-state index is 12.3. The normalized spacial score (nSPS) is 13.4. The quantitative estimate of drug-likeness (QED) is 0.636. The smallest absolute Gasteiger partial charge is 0.259 e. The van der Waals surface area contributed by atoms with Crippen molar-refractivity contribution < 1.29 is 14.7 Å². The number of hydrogen-bond acceptors (Lipinski definition) is 3. The average Bonchev–Trinajstić information content (AvgIpc) is 3.37. The van der Waals surface area contributed by atoms with Crippen LogP contribution >= 0.6 is 31.9 Å². The number of phenolic OH excluding ortho intramolecular Hbond substituents is 1.